The van der Waals surface area contributed by atoms with Gasteiger partial charge in [-0.1, -0.05) is 30.7 Å². The number of nitrogens with zero attached hydrogens (tertiary/aromatic N) is 3. The number of pyridine rings is 1. The maximum absolute atomic E-state index is 6.02. The Hall–Kier alpha value is -1.87. The number of benzene rings is 1. The summed E-state index contributed by atoms with van der Waals surface area (Å²) in [6.07, 6.45) is 2.92. The summed E-state index contributed by atoms with van der Waals surface area (Å²) in [6, 6.07) is 11.8. The van der Waals surface area contributed by atoms with Crippen LogP contribution in [-0.4, -0.2) is 14.6 Å². The number of aryl methyl sites for hydroxylation is 1. The van der Waals surface area contributed by atoms with Crippen molar-refractivity contribution in [3.05, 3.63) is 53.4 Å². The van der Waals surface area contributed by atoms with Crippen LogP contribution in [0.3, 0.4) is 0 Å². The molecule has 0 amide bonds. The highest BCUT2D eigenvalue weighted by molar-refractivity contribution is 6.30. The minimum absolute atomic E-state index is 0.743. The first-order valence-electron chi connectivity index (χ1n) is 5.87. The van der Waals surface area contributed by atoms with Crippen LogP contribution in [0.15, 0.2) is 42.6 Å². The van der Waals surface area contributed by atoms with Crippen LogP contribution in [0.4, 0.5) is 0 Å². The van der Waals surface area contributed by atoms with Gasteiger partial charge in [-0.3, -0.25) is 4.40 Å². The molecule has 0 fully saturated rings. The predicted molar refractivity (Wildman–Crippen MR) is 72.8 cm³/mol. The summed E-state index contributed by atoms with van der Waals surface area (Å²) in [6.45, 7) is 2.07. The Morgan fingerprint density at radius 3 is 2.78 bits per heavy atom. The van der Waals surface area contributed by atoms with E-state index in [2.05, 4.69) is 23.3 Å². The minimum Gasteiger partial charge on any atom is -0.286 e. The molecule has 2 heterocycles. The van der Waals surface area contributed by atoms with Crippen molar-refractivity contribution in [2.75, 3.05) is 0 Å². The molecular formula is C14H12ClN3. The Morgan fingerprint density at radius 1 is 1.11 bits per heavy atom. The van der Waals surface area contributed by atoms with Crippen molar-refractivity contribution in [3.8, 4) is 11.1 Å². The number of halogens is 1. The fourth-order valence-corrected chi connectivity index (χ4v) is 2.21. The lowest BCUT2D eigenvalue weighted by molar-refractivity contribution is 0.910. The van der Waals surface area contributed by atoms with Crippen LogP contribution in [0.25, 0.3) is 16.8 Å². The van der Waals surface area contributed by atoms with Crippen molar-refractivity contribution in [2.24, 2.45) is 0 Å². The summed E-state index contributed by atoms with van der Waals surface area (Å²) in [5.41, 5.74) is 3.08. The minimum atomic E-state index is 0.743. The van der Waals surface area contributed by atoms with Gasteiger partial charge in [-0.25, -0.2) is 0 Å². The van der Waals surface area contributed by atoms with E-state index in [-0.39, 0.29) is 0 Å². The second kappa shape index (κ2) is 4.42. The summed E-state index contributed by atoms with van der Waals surface area (Å²) in [5.74, 6) is 0.967. The summed E-state index contributed by atoms with van der Waals surface area (Å²) >= 11 is 6.02. The maximum atomic E-state index is 6.02. The molecule has 0 aliphatic rings. The molecule has 0 bridgehead atoms. The van der Waals surface area contributed by atoms with Crippen LogP contribution in [0.2, 0.25) is 5.02 Å². The largest absolute Gasteiger partial charge is 0.286 e. The van der Waals surface area contributed by atoms with Crippen LogP contribution < -0.4 is 0 Å². The normalized spacial score (nSPS) is 11.0. The second-order valence-electron chi connectivity index (χ2n) is 4.13. The van der Waals surface area contributed by atoms with Gasteiger partial charge in [0.2, 0.25) is 0 Å². The lowest BCUT2D eigenvalue weighted by Crippen LogP contribution is -1.92. The quantitative estimate of drug-likeness (QED) is 0.702. The molecule has 3 nitrogen and oxygen atoms in total. The standard InChI is InChI=1S/C14H12ClN3/c1-2-13-16-17-14-7-6-11(9-18(13)14)10-4-3-5-12(15)8-10/h3-9H,2H2,1H3. The first-order chi connectivity index (χ1) is 8.78. The molecule has 0 aliphatic heterocycles. The fourth-order valence-electron chi connectivity index (χ4n) is 2.02. The van der Waals surface area contributed by atoms with E-state index in [0.29, 0.717) is 0 Å². The highest BCUT2D eigenvalue weighted by Crippen LogP contribution is 2.23. The van der Waals surface area contributed by atoms with Crippen LogP contribution in [0.1, 0.15) is 12.7 Å². The highest BCUT2D eigenvalue weighted by Gasteiger charge is 2.05. The zero-order chi connectivity index (χ0) is 12.5. The first-order valence-corrected chi connectivity index (χ1v) is 6.25. The van der Waals surface area contributed by atoms with Gasteiger partial charge in [-0.2, -0.15) is 0 Å². The Morgan fingerprint density at radius 2 is 2.00 bits per heavy atom. The SMILES string of the molecule is CCc1nnc2ccc(-c3cccc(Cl)c3)cn12. The van der Waals surface area contributed by atoms with Gasteiger partial charge in [0.15, 0.2) is 5.65 Å². The first kappa shape index (κ1) is 11.2. The van der Waals surface area contributed by atoms with Crippen molar-refractivity contribution >= 4 is 17.2 Å². The third-order valence-electron chi connectivity index (χ3n) is 2.95. The molecule has 0 saturated carbocycles. The smallest absolute Gasteiger partial charge is 0.160 e. The van der Waals surface area contributed by atoms with Gasteiger partial charge in [0.05, 0.1) is 0 Å². The van der Waals surface area contributed by atoms with Crippen molar-refractivity contribution < 1.29 is 0 Å². The van der Waals surface area contributed by atoms with E-state index in [1.54, 1.807) is 0 Å². The Balaban J connectivity index is 2.18. The highest BCUT2D eigenvalue weighted by atomic mass is 35.5. The van der Waals surface area contributed by atoms with Gasteiger partial charge < -0.3 is 0 Å². The van der Waals surface area contributed by atoms with E-state index in [1.165, 1.54) is 0 Å². The zero-order valence-electron chi connectivity index (χ0n) is 9.97. The number of rotatable bonds is 2. The average Bonchev–Trinajstić information content (AvgIpc) is 2.80. The van der Waals surface area contributed by atoms with E-state index in [4.69, 9.17) is 11.6 Å². The number of hydrogen-bond acceptors (Lipinski definition) is 2. The fraction of sp³-hybridized carbons (Fsp3) is 0.143. The lowest BCUT2D eigenvalue weighted by Gasteiger charge is -2.04. The van der Waals surface area contributed by atoms with Crippen molar-refractivity contribution in [3.63, 3.8) is 0 Å². The molecule has 2 aromatic heterocycles. The summed E-state index contributed by atoms with van der Waals surface area (Å²) in [7, 11) is 0. The molecule has 1 aromatic carbocycles. The van der Waals surface area contributed by atoms with Crippen LogP contribution in [-0.2, 0) is 6.42 Å². The Bertz CT molecular complexity index is 703. The monoisotopic (exact) mass is 257 g/mol. The van der Waals surface area contributed by atoms with Crippen molar-refractivity contribution in [1.29, 1.82) is 0 Å². The number of hydrogen-bond donors (Lipinski definition) is 0. The molecule has 0 saturated heterocycles. The Kier molecular flexibility index (Phi) is 2.76. The molecule has 0 atom stereocenters. The van der Waals surface area contributed by atoms with Crippen LogP contribution in [0, 0.1) is 0 Å². The van der Waals surface area contributed by atoms with Gasteiger partial charge in [0.25, 0.3) is 0 Å². The molecule has 0 N–H and O–H groups in total. The predicted octanol–water partition coefficient (Wildman–Crippen LogP) is 3.61. The van der Waals surface area contributed by atoms with E-state index in [0.717, 1.165) is 34.0 Å². The van der Waals surface area contributed by atoms with E-state index < -0.39 is 0 Å². The molecule has 3 rings (SSSR count). The molecule has 0 spiro atoms. The zero-order valence-corrected chi connectivity index (χ0v) is 10.7. The third-order valence-corrected chi connectivity index (χ3v) is 3.18. The lowest BCUT2D eigenvalue weighted by atomic mass is 10.1. The van der Waals surface area contributed by atoms with Crippen LogP contribution in [0.5, 0.6) is 0 Å². The van der Waals surface area contributed by atoms with Gasteiger partial charge >= 0.3 is 0 Å². The summed E-state index contributed by atoms with van der Waals surface area (Å²) in [5, 5.41) is 9.02. The molecule has 0 radical (unpaired) electrons. The summed E-state index contributed by atoms with van der Waals surface area (Å²) in [4.78, 5) is 0. The van der Waals surface area contributed by atoms with Crippen LogP contribution >= 0.6 is 11.6 Å². The third kappa shape index (κ3) is 1.87. The molecular weight excluding hydrogens is 246 g/mol. The second-order valence-corrected chi connectivity index (χ2v) is 4.56. The maximum Gasteiger partial charge on any atom is 0.160 e. The van der Waals surface area contributed by atoms with E-state index in [9.17, 15) is 0 Å². The van der Waals surface area contributed by atoms with Crippen molar-refractivity contribution in [2.45, 2.75) is 13.3 Å². The van der Waals surface area contributed by atoms with Gasteiger partial charge in [-0.15, -0.1) is 10.2 Å². The number of fused-ring (bicyclic) bond motifs is 1. The van der Waals surface area contributed by atoms with E-state index >= 15 is 0 Å². The topological polar surface area (TPSA) is 30.2 Å². The van der Waals surface area contributed by atoms with Gasteiger partial charge in [-0.05, 0) is 35.4 Å². The number of aromatic nitrogens is 3. The van der Waals surface area contributed by atoms with Gasteiger partial charge in [0.1, 0.15) is 5.82 Å². The van der Waals surface area contributed by atoms with E-state index in [1.807, 2.05) is 40.8 Å². The molecule has 90 valence electrons. The summed E-state index contributed by atoms with van der Waals surface area (Å²) < 4.78 is 2.02. The molecule has 0 aliphatic carbocycles. The molecule has 3 aromatic rings. The van der Waals surface area contributed by atoms with Gasteiger partial charge in [0, 0.05) is 17.6 Å². The molecule has 0 unspecified atom stereocenters. The van der Waals surface area contributed by atoms with Crippen molar-refractivity contribution in [1.82, 2.24) is 14.6 Å². The Labute approximate surface area is 110 Å². The molecule has 18 heavy (non-hydrogen) atoms. The average molecular weight is 258 g/mol. The molecule has 4 heteroatoms.